The second-order valence-corrected chi connectivity index (χ2v) is 8.54. The Balaban J connectivity index is 1.77. The molecule has 7 heteroatoms. The third-order valence-corrected chi connectivity index (χ3v) is 6.80. The number of rotatable bonds is 4. The van der Waals surface area contributed by atoms with Gasteiger partial charge in [-0.2, -0.15) is 4.31 Å². The Morgan fingerprint density at radius 1 is 1.09 bits per heavy atom. The van der Waals surface area contributed by atoms with Crippen LogP contribution in [0.4, 0.5) is 0 Å². The number of hydrogen-bond donors (Lipinski definition) is 1. The maximum absolute atomic E-state index is 12.8. The van der Waals surface area contributed by atoms with Crippen molar-refractivity contribution >= 4 is 27.5 Å². The number of nitrogens with zero attached hydrogens (tertiary/aromatic N) is 1. The lowest BCUT2D eigenvalue weighted by atomic mass is 10.2. The van der Waals surface area contributed by atoms with E-state index in [-0.39, 0.29) is 16.8 Å². The van der Waals surface area contributed by atoms with Gasteiger partial charge in [0, 0.05) is 17.6 Å². The molecule has 1 saturated heterocycles. The second kappa shape index (κ2) is 6.79. The fraction of sp³-hybridized carbons (Fsp3) is 0.562. The number of halogens is 1. The van der Waals surface area contributed by atoms with E-state index in [0.717, 1.165) is 25.7 Å². The van der Waals surface area contributed by atoms with Crippen LogP contribution in [0.1, 0.15) is 38.5 Å². The van der Waals surface area contributed by atoms with Gasteiger partial charge in [0.05, 0.1) is 4.90 Å². The number of carbonyl (C=O) groups excluding carboxylic acids is 1. The molecule has 1 saturated carbocycles. The average Bonchev–Trinajstić information content (AvgIpc) is 3.19. The van der Waals surface area contributed by atoms with Crippen molar-refractivity contribution in [3.8, 4) is 0 Å². The predicted octanol–water partition coefficient (Wildman–Crippen LogP) is 2.55. The molecular formula is C16H21ClN2O3S. The summed E-state index contributed by atoms with van der Waals surface area (Å²) in [4.78, 5) is 12.7. The Labute approximate surface area is 142 Å². The van der Waals surface area contributed by atoms with Crippen LogP contribution in [0, 0.1) is 0 Å². The highest BCUT2D eigenvalue weighted by Crippen LogP contribution is 2.27. The fourth-order valence-corrected chi connectivity index (χ4v) is 5.18. The van der Waals surface area contributed by atoms with Gasteiger partial charge in [0.2, 0.25) is 15.9 Å². The Hall–Kier alpha value is -1.11. The molecule has 1 heterocycles. The van der Waals surface area contributed by atoms with Gasteiger partial charge < -0.3 is 5.32 Å². The SMILES string of the molecule is O=C(NC1CCCC1)[C@H]1CCCN1S(=O)(=O)c1ccc(Cl)cc1. The highest BCUT2D eigenvalue weighted by molar-refractivity contribution is 7.89. The van der Waals surface area contributed by atoms with E-state index in [4.69, 9.17) is 11.6 Å². The van der Waals surface area contributed by atoms with E-state index in [1.54, 1.807) is 12.1 Å². The molecule has 2 aliphatic rings. The molecule has 5 nitrogen and oxygen atoms in total. The normalized spacial score (nSPS) is 23.3. The van der Waals surface area contributed by atoms with Crippen molar-refractivity contribution in [2.45, 2.75) is 55.5 Å². The minimum Gasteiger partial charge on any atom is -0.352 e. The van der Waals surface area contributed by atoms with Gasteiger partial charge in [0.15, 0.2) is 0 Å². The monoisotopic (exact) mass is 356 g/mol. The van der Waals surface area contributed by atoms with Crippen molar-refractivity contribution in [2.24, 2.45) is 0 Å². The molecule has 1 aromatic rings. The first-order valence-corrected chi connectivity index (χ1v) is 9.88. The van der Waals surface area contributed by atoms with Crippen molar-refractivity contribution in [1.82, 2.24) is 9.62 Å². The third kappa shape index (κ3) is 3.54. The van der Waals surface area contributed by atoms with Crippen LogP contribution in [0.2, 0.25) is 5.02 Å². The van der Waals surface area contributed by atoms with Crippen LogP contribution in [-0.4, -0.2) is 37.3 Å². The number of benzene rings is 1. The zero-order chi connectivity index (χ0) is 16.4. The molecule has 2 fully saturated rings. The van der Waals surface area contributed by atoms with Crippen LogP contribution >= 0.6 is 11.6 Å². The lowest BCUT2D eigenvalue weighted by Gasteiger charge is -2.25. The van der Waals surface area contributed by atoms with E-state index in [2.05, 4.69) is 5.32 Å². The summed E-state index contributed by atoms with van der Waals surface area (Å²) in [6, 6.07) is 5.68. The molecule has 3 rings (SSSR count). The topological polar surface area (TPSA) is 66.5 Å². The van der Waals surface area contributed by atoms with E-state index >= 15 is 0 Å². The summed E-state index contributed by atoms with van der Waals surface area (Å²) in [6.07, 6.45) is 5.51. The molecule has 23 heavy (non-hydrogen) atoms. The summed E-state index contributed by atoms with van der Waals surface area (Å²) in [5.41, 5.74) is 0. The first kappa shape index (κ1) is 16.7. The Morgan fingerprint density at radius 3 is 2.39 bits per heavy atom. The smallest absolute Gasteiger partial charge is 0.243 e. The maximum atomic E-state index is 12.8. The van der Waals surface area contributed by atoms with Gasteiger partial charge in [-0.15, -0.1) is 0 Å². The second-order valence-electron chi connectivity index (χ2n) is 6.22. The molecule has 1 aliphatic heterocycles. The van der Waals surface area contributed by atoms with Gasteiger partial charge in [-0.25, -0.2) is 8.42 Å². The zero-order valence-corrected chi connectivity index (χ0v) is 14.4. The van der Waals surface area contributed by atoms with Crippen molar-refractivity contribution in [3.63, 3.8) is 0 Å². The molecule has 0 radical (unpaired) electrons. The van der Waals surface area contributed by atoms with Gasteiger partial charge in [0.1, 0.15) is 6.04 Å². The molecular weight excluding hydrogens is 336 g/mol. The molecule has 0 unspecified atom stereocenters. The first-order valence-electron chi connectivity index (χ1n) is 8.06. The zero-order valence-electron chi connectivity index (χ0n) is 12.9. The molecule has 1 N–H and O–H groups in total. The van der Waals surface area contributed by atoms with Crippen molar-refractivity contribution in [2.75, 3.05) is 6.54 Å². The molecule has 0 aromatic heterocycles. The van der Waals surface area contributed by atoms with Crippen LogP contribution in [0.25, 0.3) is 0 Å². The van der Waals surface area contributed by atoms with Crippen LogP contribution in [-0.2, 0) is 14.8 Å². The lowest BCUT2D eigenvalue weighted by Crippen LogP contribution is -2.48. The summed E-state index contributed by atoms with van der Waals surface area (Å²) in [7, 11) is -3.67. The van der Waals surface area contributed by atoms with E-state index in [0.29, 0.717) is 24.4 Å². The summed E-state index contributed by atoms with van der Waals surface area (Å²) in [6.45, 7) is 0.383. The molecule has 1 aliphatic carbocycles. The van der Waals surface area contributed by atoms with Gasteiger partial charge in [-0.05, 0) is 49.9 Å². The van der Waals surface area contributed by atoms with Crippen LogP contribution in [0.15, 0.2) is 29.2 Å². The number of hydrogen-bond acceptors (Lipinski definition) is 3. The van der Waals surface area contributed by atoms with E-state index < -0.39 is 16.1 Å². The molecule has 126 valence electrons. The third-order valence-electron chi connectivity index (χ3n) is 4.63. The van der Waals surface area contributed by atoms with E-state index in [1.807, 2.05) is 0 Å². The summed E-state index contributed by atoms with van der Waals surface area (Å²) in [5.74, 6) is -0.160. The highest BCUT2D eigenvalue weighted by Gasteiger charge is 2.40. The summed E-state index contributed by atoms with van der Waals surface area (Å²) < 4.78 is 26.9. The fourth-order valence-electron chi connectivity index (χ4n) is 3.40. The number of sulfonamides is 1. The largest absolute Gasteiger partial charge is 0.352 e. The van der Waals surface area contributed by atoms with Gasteiger partial charge in [-0.3, -0.25) is 4.79 Å². The molecule has 0 spiro atoms. The maximum Gasteiger partial charge on any atom is 0.243 e. The Morgan fingerprint density at radius 2 is 1.74 bits per heavy atom. The van der Waals surface area contributed by atoms with Gasteiger partial charge in [-0.1, -0.05) is 24.4 Å². The summed E-state index contributed by atoms with van der Waals surface area (Å²) >= 11 is 5.82. The Kier molecular flexibility index (Phi) is 4.94. The van der Waals surface area contributed by atoms with Crippen molar-refractivity contribution in [3.05, 3.63) is 29.3 Å². The summed E-state index contributed by atoms with van der Waals surface area (Å²) in [5, 5.41) is 3.50. The molecule has 1 aromatic carbocycles. The number of carbonyl (C=O) groups is 1. The average molecular weight is 357 g/mol. The van der Waals surface area contributed by atoms with Crippen molar-refractivity contribution in [1.29, 1.82) is 0 Å². The Bertz CT molecular complexity index is 669. The number of amides is 1. The van der Waals surface area contributed by atoms with E-state index in [9.17, 15) is 13.2 Å². The van der Waals surface area contributed by atoms with Crippen LogP contribution in [0.3, 0.4) is 0 Å². The van der Waals surface area contributed by atoms with Crippen LogP contribution < -0.4 is 5.32 Å². The van der Waals surface area contributed by atoms with E-state index in [1.165, 1.54) is 16.4 Å². The van der Waals surface area contributed by atoms with Gasteiger partial charge >= 0.3 is 0 Å². The van der Waals surface area contributed by atoms with Gasteiger partial charge in [0.25, 0.3) is 0 Å². The first-order chi connectivity index (χ1) is 11.0. The molecule has 0 bridgehead atoms. The quantitative estimate of drug-likeness (QED) is 0.901. The predicted molar refractivity (Wildman–Crippen MR) is 88.8 cm³/mol. The standard InChI is InChI=1S/C16H21ClN2O3S/c17-12-7-9-14(10-8-12)23(21,22)19-11-3-6-15(19)16(20)18-13-4-1-2-5-13/h7-10,13,15H,1-6,11H2,(H,18,20)/t15-/m1/s1. The van der Waals surface area contributed by atoms with Crippen LogP contribution in [0.5, 0.6) is 0 Å². The molecule has 1 atom stereocenters. The highest BCUT2D eigenvalue weighted by atomic mass is 35.5. The minimum absolute atomic E-state index is 0.160. The number of nitrogens with one attached hydrogen (secondary N) is 1. The minimum atomic E-state index is -3.67. The van der Waals surface area contributed by atoms with Crippen molar-refractivity contribution < 1.29 is 13.2 Å². The molecule has 1 amide bonds. The lowest BCUT2D eigenvalue weighted by molar-refractivity contribution is -0.124.